The molecule has 33 heavy (non-hydrogen) atoms. The van der Waals surface area contributed by atoms with Crippen molar-refractivity contribution in [2.75, 3.05) is 57.0 Å². The summed E-state index contributed by atoms with van der Waals surface area (Å²) in [4.78, 5) is 11.0. The number of anilines is 1. The number of rotatable bonds is 15. The number of unbranched alkanes of at least 4 members (excludes halogenated alkanes) is 2. The molecular formula is C24H41N7OS. The summed E-state index contributed by atoms with van der Waals surface area (Å²) in [5, 5.41) is 14.7. The van der Waals surface area contributed by atoms with Crippen LogP contribution in [0, 0.1) is 11.5 Å². The standard InChI is InChI=1S/C24H41N7OS/c1-3-8-22(2)31(15-7-14-30-16-18-32-19-17-30)33-20-6-4-5-11-27-24(28-21-25)29-23-9-12-26-13-10-23/h9-10,12-13,22H,3-8,11,14-20H2,1-2H3,(H2,26,27,28,29). The number of aliphatic imine (C=N–C) groups is 1. The van der Waals surface area contributed by atoms with Crippen LogP contribution in [0.15, 0.2) is 29.5 Å². The normalized spacial score (nSPS) is 15.9. The fourth-order valence-electron chi connectivity index (χ4n) is 3.75. The van der Waals surface area contributed by atoms with Gasteiger partial charge in [-0.25, -0.2) is 4.31 Å². The minimum Gasteiger partial charge on any atom is -0.379 e. The van der Waals surface area contributed by atoms with Crippen molar-refractivity contribution in [3.63, 3.8) is 0 Å². The van der Waals surface area contributed by atoms with Crippen molar-refractivity contribution in [1.82, 2.24) is 19.5 Å². The van der Waals surface area contributed by atoms with Crippen LogP contribution in [0.25, 0.3) is 0 Å². The van der Waals surface area contributed by atoms with Crippen LogP contribution < -0.4 is 10.6 Å². The Kier molecular flexibility index (Phi) is 14.6. The highest BCUT2D eigenvalue weighted by Crippen LogP contribution is 2.20. The molecule has 1 saturated heterocycles. The first-order valence-electron chi connectivity index (χ1n) is 12.3. The van der Waals surface area contributed by atoms with Gasteiger partial charge >= 0.3 is 0 Å². The van der Waals surface area contributed by atoms with E-state index in [2.05, 4.69) is 43.7 Å². The Morgan fingerprint density at radius 3 is 2.79 bits per heavy atom. The highest BCUT2D eigenvalue weighted by molar-refractivity contribution is 7.97. The Labute approximate surface area is 204 Å². The zero-order valence-electron chi connectivity index (χ0n) is 20.3. The number of nitrogens with one attached hydrogen (secondary N) is 2. The van der Waals surface area contributed by atoms with Gasteiger partial charge < -0.3 is 10.1 Å². The molecule has 184 valence electrons. The first kappa shape index (κ1) is 27.4. The largest absolute Gasteiger partial charge is 0.379 e. The number of hydrogen-bond donors (Lipinski definition) is 2. The molecule has 1 atom stereocenters. The number of nitrogens with zero attached hydrogens (tertiary/aromatic N) is 5. The first-order valence-corrected chi connectivity index (χ1v) is 13.2. The van der Waals surface area contributed by atoms with Crippen LogP contribution in [0.1, 0.15) is 52.4 Å². The van der Waals surface area contributed by atoms with Gasteiger partial charge in [0.05, 0.1) is 13.2 Å². The molecule has 1 aliphatic rings. The topological polar surface area (TPSA) is 88.8 Å². The lowest BCUT2D eigenvalue weighted by Gasteiger charge is -2.30. The number of pyridine rings is 1. The summed E-state index contributed by atoms with van der Waals surface area (Å²) in [6, 6.07) is 4.31. The van der Waals surface area contributed by atoms with E-state index in [-0.39, 0.29) is 0 Å². The van der Waals surface area contributed by atoms with Crippen LogP contribution in [0.4, 0.5) is 5.69 Å². The maximum absolute atomic E-state index is 8.95. The van der Waals surface area contributed by atoms with Crippen molar-refractivity contribution in [1.29, 1.82) is 5.26 Å². The minimum absolute atomic E-state index is 0.484. The Bertz CT molecular complexity index is 692. The van der Waals surface area contributed by atoms with E-state index in [0.29, 0.717) is 18.5 Å². The Morgan fingerprint density at radius 1 is 1.27 bits per heavy atom. The van der Waals surface area contributed by atoms with E-state index >= 15 is 0 Å². The van der Waals surface area contributed by atoms with Crippen LogP contribution >= 0.6 is 11.9 Å². The molecule has 0 bridgehead atoms. The maximum Gasteiger partial charge on any atom is 0.209 e. The molecule has 1 aliphatic heterocycles. The fraction of sp³-hybridized carbons (Fsp3) is 0.708. The van der Waals surface area contributed by atoms with Crippen molar-refractivity contribution in [2.24, 2.45) is 4.99 Å². The van der Waals surface area contributed by atoms with Crippen molar-refractivity contribution in [3.8, 4) is 6.19 Å². The molecule has 2 N–H and O–H groups in total. The number of guanidine groups is 1. The van der Waals surface area contributed by atoms with Crippen LogP contribution in [0.2, 0.25) is 0 Å². The number of ether oxygens (including phenoxy) is 1. The van der Waals surface area contributed by atoms with Crippen LogP contribution in [0.3, 0.4) is 0 Å². The van der Waals surface area contributed by atoms with E-state index in [0.717, 1.165) is 57.1 Å². The Hall–Kier alpha value is -1.86. The van der Waals surface area contributed by atoms with E-state index in [4.69, 9.17) is 10.00 Å². The van der Waals surface area contributed by atoms with Gasteiger partial charge in [0.15, 0.2) is 6.19 Å². The van der Waals surface area contributed by atoms with Gasteiger partial charge in [-0.05, 0) is 51.3 Å². The van der Waals surface area contributed by atoms with E-state index < -0.39 is 0 Å². The number of hydrogen-bond acceptors (Lipinski definition) is 7. The van der Waals surface area contributed by atoms with Gasteiger partial charge in [0.25, 0.3) is 0 Å². The molecule has 9 heteroatoms. The second-order valence-corrected chi connectivity index (χ2v) is 9.44. The molecule has 0 aliphatic carbocycles. The monoisotopic (exact) mass is 475 g/mol. The smallest absolute Gasteiger partial charge is 0.209 e. The SMILES string of the molecule is CCCC(C)N(CCCN1CCOCC1)SCCCCCN=C(NC#N)Nc1ccncc1. The molecule has 0 spiro atoms. The van der Waals surface area contributed by atoms with Gasteiger partial charge in [-0.15, -0.1) is 0 Å². The summed E-state index contributed by atoms with van der Waals surface area (Å²) in [6.45, 7) is 11.5. The highest BCUT2D eigenvalue weighted by atomic mass is 32.2. The predicted molar refractivity (Wildman–Crippen MR) is 138 cm³/mol. The van der Waals surface area contributed by atoms with Gasteiger partial charge in [0.2, 0.25) is 5.96 Å². The molecule has 1 aromatic rings. The lowest BCUT2D eigenvalue weighted by molar-refractivity contribution is 0.0367. The average molecular weight is 476 g/mol. The molecule has 1 aromatic heterocycles. The summed E-state index contributed by atoms with van der Waals surface area (Å²) in [5.74, 6) is 1.63. The molecule has 0 aromatic carbocycles. The third kappa shape index (κ3) is 12.2. The molecule has 0 amide bonds. The summed E-state index contributed by atoms with van der Waals surface area (Å²) in [7, 11) is 0. The molecule has 0 saturated carbocycles. The number of morpholine rings is 1. The van der Waals surface area contributed by atoms with Crippen molar-refractivity contribution in [3.05, 3.63) is 24.5 Å². The van der Waals surface area contributed by atoms with Crippen molar-refractivity contribution in [2.45, 2.75) is 58.4 Å². The Balaban J connectivity index is 1.64. The van der Waals surface area contributed by atoms with Crippen LogP contribution in [-0.2, 0) is 4.74 Å². The summed E-state index contributed by atoms with van der Waals surface area (Å²) in [5.41, 5.74) is 0.859. The lowest BCUT2D eigenvalue weighted by Crippen LogP contribution is -2.38. The number of aromatic nitrogens is 1. The van der Waals surface area contributed by atoms with Gasteiger partial charge in [0, 0.05) is 56.1 Å². The predicted octanol–water partition coefficient (Wildman–Crippen LogP) is 3.95. The summed E-state index contributed by atoms with van der Waals surface area (Å²) >= 11 is 2.01. The second kappa shape index (κ2) is 17.6. The van der Waals surface area contributed by atoms with Crippen LogP contribution in [0.5, 0.6) is 0 Å². The molecule has 1 fully saturated rings. The summed E-state index contributed by atoms with van der Waals surface area (Å²) < 4.78 is 8.06. The minimum atomic E-state index is 0.484. The maximum atomic E-state index is 8.95. The van der Waals surface area contributed by atoms with E-state index in [1.807, 2.05) is 30.3 Å². The fourth-order valence-corrected chi connectivity index (χ4v) is 4.93. The van der Waals surface area contributed by atoms with E-state index in [1.165, 1.54) is 32.2 Å². The molecule has 1 unspecified atom stereocenters. The number of nitriles is 1. The third-order valence-electron chi connectivity index (χ3n) is 5.60. The molecule has 8 nitrogen and oxygen atoms in total. The van der Waals surface area contributed by atoms with Gasteiger partial charge in [-0.3, -0.25) is 20.2 Å². The molecule has 0 radical (unpaired) electrons. The van der Waals surface area contributed by atoms with E-state index in [1.54, 1.807) is 12.4 Å². The Morgan fingerprint density at radius 2 is 2.06 bits per heavy atom. The van der Waals surface area contributed by atoms with Crippen molar-refractivity contribution < 1.29 is 4.74 Å². The average Bonchev–Trinajstić information content (AvgIpc) is 2.83. The summed E-state index contributed by atoms with van der Waals surface area (Å²) in [6.07, 6.45) is 12.4. The van der Waals surface area contributed by atoms with Gasteiger partial charge in [-0.1, -0.05) is 31.7 Å². The zero-order valence-corrected chi connectivity index (χ0v) is 21.2. The van der Waals surface area contributed by atoms with Gasteiger partial charge in [-0.2, -0.15) is 5.26 Å². The quantitative estimate of drug-likeness (QED) is 0.0984. The van der Waals surface area contributed by atoms with Crippen LogP contribution in [-0.4, -0.2) is 77.9 Å². The van der Waals surface area contributed by atoms with Crippen molar-refractivity contribution >= 4 is 23.6 Å². The first-order chi connectivity index (χ1) is 16.2. The van der Waals surface area contributed by atoms with Gasteiger partial charge in [0.1, 0.15) is 0 Å². The van der Waals surface area contributed by atoms with E-state index in [9.17, 15) is 0 Å². The zero-order chi connectivity index (χ0) is 23.6. The molecular weight excluding hydrogens is 434 g/mol. The molecule has 2 heterocycles. The lowest BCUT2D eigenvalue weighted by atomic mass is 10.2. The third-order valence-corrected chi connectivity index (χ3v) is 6.95. The highest BCUT2D eigenvalue weighted by Gasteiger charge is 2.15. The second-order valence-electron chi connectivity index (χ2n) is 8.31. The molecule has 2 rings (SSSR count).